The first-order valence-electron chi connectivity index (χ1n) is 6.96. The number of pyridine rings is 1. The zero-order valence-corrected chi connectivity index (χ0v) is 11.6. The molecule has 0 atom stereocenters. The molecule has 1 fully saturated rings. The minimum absolute atomic E-state index is 0.0513. The van der Waals surface area contributed by atoms with Gasteiger partial charge in [-0.05, 0) is 18.2 Å². The summed E-state index contributed by atoms with van der Waals surface area (Å²) in [4.78, 5) is 18.1. The number of hydrogen-bond donors (Lipinski definition) is 0. The van der Waals surface area contributed by atoms with Crippen LogP contribution >= 0.6 is 0 Å². The Balaban J connectivity index is 1.54. The second-order valence-electron chi connectivity index (χ2n) is 4.91. The van der Waals surface area contributed by atoms with Crippen LogP contribution in [0, 0.1) is 0 Å². The molecular formula is C15H16N4O2. The fourth-order valence-corrected chi connectivity index (χ4v) is 2.37. The highest BCUT2D eigenvalue weighted by atomic mass is 16.5. The van der Waals surface area contributed by atoms with Crippen LogP contribution in [0.1, 0.15) is 23.2 Å². The van der Waals surface area contributed by atoms with Gasteiger partial charge in [0.1, 0.15) is 6.10 Å². The highest BCUT2D eigenvalue weighted by Crippen LogP contribution is 2.18. The third-order valence-corrected chi connectivity index (χ3v) is 3.49. The van der Waals surface area contributed by atoms with Gasteiger partial charge in [-0.2, -0.15) is 5.10 Å². The number of rotatable bonds is 3. The van der Waals surface area contributed by atoms with Gasteiger partial charge in [0.15, 0.2) is 0 Å². The van der Waals surface area contributed by atoms with Crippen molar-refractivity contribution in [2.75, 3.05) is 13.1 Å². The van der Waals surface area contributed by atoms with Crippen LogP contribution in [0.25, 0.3) is 0 Å². The maximum absolute atomic E-state index is 12.3. The number of nitrogens with zero attached hydrogens (tertiary/aromatic N) is 4. The van der Waals surface area contributed by atoms with Crippen molar-refractivity contribution in [1.29, 1.82) is 0 Å². The Morgan fingerprint density at radius 2 is 1.90 bits per heavy atom. The smallest absolute Gasteiger partial charge is 0.253 e. The molecule has 6 nitrogen and oxygen atoms in total. The normalized spacial score (nSPS) is 15.7. The summed E-state index contributed by atoms with van der Waals surface area (Å²) in [5, 5.41) is 7.70. The topological polar surface area (TPSA) is 68.2 Å². The van der Waals surface area contributed by atoms with Crippen molar-refractivity contribution in [1.82, 2.24) is 20.1 Å². The lowest BCUT2D eigenvalue weighted by atomic mass is 10.1. The Morgan fingerprint density at radius 1 is 1.14 bits per heavy atom. The van der Waals surface area contributed by atoms with Gasteiger partial charge < -0.3 is 9.64 Å². The minimum atomic E-state index is 0.0513. The summed E-state index contributed by atoms with van der Waals surface area (Å²) >= 11 is 0. The van der Waals surface area contributed by atoms with Crippen LogP contribution in [0.3, 0.4) is 0 Å². The van der Waals surface area contributed by atoms with E-state index < -0.39 is 0 Å². The van der Waals surface area contributed by atoms with Crippen molar-refractivity contribution in [3.8, 4) is 5.88 Å². The van der Waals surface area contributed by atoms with E-state index in [1.54, 1.807) is 42.9 Å². The van der Waals surface area contributed by atoms with Gasteiger partial charge in [0.25, 0.3) is 5.91 Å². The van der Waals surface area contributed by atoms with Crippen LogP contribution in [0.15, 0.2) is 42.9 Å². The standard InChI is InChI=1S/C15H16N4O2/c20-15(12-3-8-16-9-4-12)19-10-5-13(6-11-19)21-14-2-1-7-17-18-14/h1-4,7-9,13H,5-6,10-11H2. The molecule has 1 aliphatic heterocycles. The number of carbonyl (C=O) groups excluding carboxylic acids is 1. The number of aromatic nitrogens is 3. The Kier molecular flexibility index (Phi) is 4.04. The summed E-state index contributed by atoms with van der Waals surface area (Å²) in [5.74, 6) is 0.590. The molecule has 0 saturated carbocycles. The fraction of sp³-hybridized carbons (Fsp3) is 0.333. The van der Waals surface area contributed by atoms with Crippen LogP contribution < -0.4 is 4.74 Å². The summed E-state index contributed by atoms with van der Waals surface area (Å²) in [6.07, 6.45) is 6.57. The van der Waals surface area contributed by atoms with Gasteiger partial charge in [-0.1, -0.05) is 0 Å². The molecule has 21 heavy (non-hydrogen) atoms. The van der Waals surface area contributed by atoms with Crippen molar-refractivity contribution >= 4 is 5.91 Å². The molecule has 3 heterocycles. The third-order valence-electron chi connectivity index (χ3n) is 3.49. The van der Waals surface area contributed by atoms with E-state index >= 15 is 0 Å². The summed E-state index contributed by atoms with van der Waals surface area (Å²) in [5.41, 5.74) is 0.679. The van der Waals surface area contributed by atoms with Crippen LogP contribution in [0.5, 0.6) is 5.88 Å². The second-order valence-corrected chi connectivity index (χ2v) is 4.91. The van der Waals surface area contributed by atoms with E-state index in [4.69, 9.17) is 4.74 Å². The first kappa shape index (κ1) is 13.5. The predicted octanol–water partition coefficient (Wildman–Crippen LogP) is 1.56. The molecule has 0 aromatic carbocycles. The highest BCUT2D eigenvalue weighted by molar-refractivity contribution is 5.94. The summed E-state index contributed by atoms with van der Waals surface area (Å²) in [6.45, 7) is 1.37. The number of hydrogen-bond acceptors (Lipinski definition) is 5. The Hall–Kier alpha value is -2.50. The SMILES string of the molecule is O=C(c1ccncc1)N1CCC(Oc2cccnn2)CC1. The second kappa shape index (κ2) is 6.30. The molecule has 0 spiro atoms. The molecule has 0 N–H and O–H groups in total. The monoisotopic (exact) mass is 284 g/mol. The molecule has 2 aromatic rings. The summed E-state index contributed by atoms with van der Waals surface area (Å²) in [7, 11) is 0. The molecule has 0 unspecified atom stereocenters. The predicted molar refractivity (Wildman–Crippen MR) is 75.8 cm³/mol. The summed E-state index contributed by atoms with van der Waals surface area (Å²) < 4.78 is 5.77. The van der Waals surface area contributed by atoms with Crippen molar-refractivity contribution in [3.63, 3.8) is 0 Å². The van der Waals surface area contributed by atoms with E-state index in [1.807, 2.05) is 4.90 Å². The van der Waals surface area contributed by atoms with Gasteiger partial charge >= 0.3 is 0 Å². The van der Waals surface area contributed by atoms with Crippen molar-refractivity contribution in [2.45, 2.75) is 18.9 Å². The number of likely N-dealkylation sites (tertiary alicyclic amines) is 1. The Bertz CT molecular complexity index is 583. The highest BCUT2D eigenvalue weighted by Gasteiger charge is 2.24. The van der Waals surface area contributed by atoms with E-state index in [9.17, 15) is 4.79 Å². The van der Waals surface area contributed by atoms with Gasteiger partial charge in [-0.3, -0.25) is 9.78 Å². The number of amides is 1. The van der Waals surface area contributed by atoms with Crippen LogP contribution in [-0.2, 0) is 0 Å². The molecule has 1 aliphatic rings. The average Bonchev–Trinajstić information content (AvgIpc) is 2.57. The zero-order valence-electron chi connectivity index (χ0n) is 11.6. The van der Waals surface area contributed by atoms with Crippen molar-refractivity contribution < 1.29 is 9.53 Å². The molecule has 1 amide bonds. The van der Waals surface area contributed by atoms with E-state index in [0.717, 1.165) is 12.8 Å². The third kappa shape index (κ3) is 3.34. The van der Waals surface area contributed by atoms with Crippen LogP contribution in [-0.4, -0.2) is 45.2 Å². The van der Waals surface area contributed by atoms with Gasteiger partial charge in [0.05, 0.1) is 0 Å². The number of piperidine rings is 1. The maximum Gasteiger partial charge on any atom is 0.253 e. The molecule has 0 aliphatic carbocycles. The first-order valence-corrected chi connectivity index (χ1v) is 6.96. The number of carbonyl (C=O) groups is 1. The lowest BCUT2D eigenvalue weighted by Crippen LogP contribution is -2.41. The van der Waals surface area contributed by atoms with E-state index in [1.165, 1.54) is 0 Å². The Labute approximate surface area is 122 Å². The molecule has 0 bridgehead atoms. The fourth-order valence-electron chi connectivity index (χ4n) is 2.37. The first-order chi connectivity index (χ1) is 10.3. The minimum Gasteiger partial charge on any atom is -0.473 e. The molecule has 6 heteroatoms. The van der Waals surface area contributed by atoms with E-state index in [-0.39, 0.29) is 12.0 Å². The largest absolute Gasteiger partial charge is 0.473 e. The molecule has 108 valence electrons. The molecule has 0 radical (unpaired) electrons. The Morgan fingerprint density at radius 3 is 2.57 bits per heavy atom. The summed E-state index contributed by atoms with van der Waals surface area (Å²) in [6, 6.07) is 7.07. The molecule has 3 rings (SSSR count). The van der Waals surface area contributed by atoms with E-state index in [2.05, 4.69) is 15.2 Å². The zero-order chi connectivity index (χ0) is 14.5. The van der Waals surface area contributed by atoms with Gasteiger partial charge in [-0.15, -0.1) is 5.10 Å². The molecule has 2 aromatic heterocycles. The quantitative estimate of drug-likeness (QED) is 0.855. The van der Waals surface area contributed by atoms with Gasteiger partial charge in [0.2, 0.25) is 5.88 Å². The number of ether oxygens (including phenoxy) is 1. The van der Waals surface area contributed by atoms with E-state index in [0.29, 0.717) is 24.5 Å². The van der Waals surface area contributed by atoms with Crippen molar-refractivity contribution in [2.24, 2.45) is 0 Å². The maximum atomic E-state index is 12.3. The van der Waals surface area contributed by atoms with Gasteiger partial charge in [0, 0.05) is 56.2 Å². The molecule has 1 saturated heterocycles. The van der Waals surface area contributed by atoms with Crippen LogP contribution in [0.4, 0.5) is 0 Å². The van der Waals surface area contributed by atoms with Gasteiger partial charge in [-0.25, -0.2) is 0 Å². The van der Waals surface area contributed by atoms with Crippen LogP contribution in [0.2, 0.25) is 0 Å². The molecular weight excluding hydrogens is 268 g/mol. The van der Waals surface area contributed by atoms with Crippen molar-refractivity contribution in [3.05, 3.63) is 48.4 Å². The average molecular weight is 284 g/mol. The lowest BCUT2D eigenvalue weighted by molar-refractivity contribution is 0.0586. The lowest BCUT2D eigenvalue weighted by Gasteiger charge is -2.31.